The van der Waals surface area contributed by atoms with Crippen LogP contribution in [0.15, 0.2) is 76.8 Å². The van der Waals surface area contributed by atoms with Crippen molar-refractivity contribution in [2.45, 2.75) is 19.1 Å². The fourth-order valence-corrected chi connectivity index (χ4v) is 3.45. The van der Waals surface area contributed by atoms with Crippen molar-refractivity contribution in [3.8, 4) is 0 Å². The molecule has 0 unspecified atom stereocenters. The standard InChI is InChI=1S/C22H17Cl2N3O3/c23-17-8-6-14(10-18(17)24)12-27-13-16(7-9-21(27)28)25-22(29)19-11-20(30-26-19)15-4-2-1-3-5-15/h1-10,13,20H,11-12H2,(H,25,29)/t20-/m0/s1. The molecule has 8 heteroatoms. The van der Waals surface area contributed by atoms with Crippen molar-refractivity contribution in [1.29, 1.82) is 0 Å². The molecule has 2 heterocycles. The summed E-state index contributed by atoms with van der Waals surface area (Å²) in [6.07, 6.45) is 1.67. The third-order valence-electron chi connectivity index (χ3n) is 4.68. The quantitative estimate of drug-likeness (QED) is 0.625. The van der Waals surface area contributed by atoms with Gasteiger partial charge in [0.25, 0.3) is 11.5 Å². The minimum atomic E-state index is -0.367. The van der Waals surface area contributed by atoms with Gasteiger partial charge in [-0.15, -0.1) is 0 Å². The second-order valence-electron chi connectivity index (χ2n) is 6.83. The van der Waals surface area contributed by atoms with Gasteiger partial charge in [0.05, 0.1) is 22.3 Å². The van der Waals surface area contributed by atoms with Crippen molar-refractivity contribution < 1.29 is 9.63 Å². The van der Waals surface area contributed by atoms with Crippen molar-refractivity contribution in [3.63, 3.8) is 0 Å². The molecular weight excluding hydrogens is 425 g/mol. The lowest BCUT2D eigenvalue weighted by atomic mass is 10.0. The van der Waals surface area contributed by atoms with Gasteiger partial charge in [-0.2, -0.15) is 0 Å². The lowest BCUT2D eigenvalue weighted by molar-refractivity contribution is -0.110. The Kier molecular flexibility index (Phi) is 5.88. The monoisotopic (exact) mass is 441 g/mol. The number of rotatable bonds is 5. The van der Waals surface area contributed by atoms with Gasteiger partial charge in [0, 0.05) is 18.7 Å². The first kappa shape index (κ1) is 20.2. The summed E-state index contributed by atoms with van der Waals surface area (Å²) >= 11 is 12.0. The van der Waals surface area contributed by atoms with Crippen molar-refractivity contribution in [3.05, 3.63) is 98.4 Å². The van der Waals surface area contributed by atoms with Gasteiger partial charge in [0.1, 0.15) is 5.71 Å². The van der Waals surface area contributed by atoms with Crippen LogP contribution in [0.3, 0.4) is 0 Å². The first-order valence-electron chi connectivity index (χ1n) is 9.23. The lowest BCUT2D eigenvalue weighted by Gasteiger charge is -2.10. The second-order valence-corrected chi connectivity index (χ2v) is 7.65. The van der Waals surface area contributed by atoms with Crippen molar-refractivity contribution in [1.82, 2.24) is 4.57 Å². The Morgan fingerprint density at radius 3 is 2.67 bits per heavy atom. The molecular formula is C22H17Cl2N3O3. The maximum Gasteiger partial charge on any atom is 0.273 e. The fraction of sp³-hybridized carbons (Fsp3) is 0.136. The number of halogens is 2. The molecule has 2 aromatic carbocycles. The third kappa shape index (κ3) is 4.56. The van der Waals surface area contributed by atoms with Crippen LogP contribution in [0.2, 0.25) is 10.0 Å². The molecule has 1 N–H and O–H groups in total. The molecule has 0 spiro atoms. The number of pyridine rings is 1. The first-order chi connectivity index (χ1) is 14.5. The van der Waals surface area contributed by atoms with Crippen LogP contribution < -0.4 is 10.9 Å². The normalized spacial score (nSPS) is 15.4. The summed E-state index contributed by atoms with van der Waals surface area (Å²) < 4.78 is 1.48. The van der Waals surface area contributed by atoms with E-state index in [0.717, 1.165) is 11.1 Å². The Hall–Kier alpha value is -3.09. The Labute approximate surface area is 182 Å². The van der Waals surface area contributed by atoms with E-state index < -0.39 is 0 Å². The predicted octanol–water partition coefficient (Wildman–Crippen LogP) is 4.66. The van der Waals surface area contributed by atoms with Gasteiger partial charge in [0.2, 0.25) is 0 Å². The van der Waals surface area contributed by atoms with E-state index in [9.17, 15) is 9.59 Å². The average Bonchev–Trinajstić information content (AvgIpc) is 3.24. The summed E-state index contributed by atoms with van der Waals surface area (Å²) in [7, 11) is 0. The van der Waals surface area contributed by atoms with E-state index in [4.69, 9.17) is 28.0 Å². The van der Waals surface area contributed by atoms with Gasteiger partial charge in [-0.3, -0.25) is 9.59 Å². The van der Waals surface area contributed by atoms with E-state index in [2.05, 4.69) is 10.5 Å². The molecule has 30 heavy (non-hydrogen) atoms. The summed E-state index contributed by atoms with van der Waals surface area (Å²) in [6, 6.07) is 17.7. The van der Waals surface area contributed by atoms with E-state index in [1.807, 2.05) is 30.3 Å². The van der Waals surface area contributed by atoms with Crippen molar-refractivity contribution in [2.75, 3.05) is 5.32 Å². The highest BCUT2D eigenvalue weighted by atomic mass is 35.5. The highest BCUT2D eigenvalue weighted by Gasteiger charge is 2.27. The first-order valence-corrected chi connectivity index (χ1v) is 9.98. The zero-order valence-electron chi connectivity index (χ0n) is 15.7. The van der Waals surface area contributed by atoms with Gasteiger partial charge in [-0.25, -0.2) is 0 Å². The van der Waals surface area contributed by atoms with Crippen molar-refractivity contribution in [2.24, 2.45) is 5.16 Å². The van der Waals surface area contributed by atoms with Crippen molar-refractivity contribution >= 4 is 40.5 Å². The number of nitrogens with zero attached hydrogens (tertiary/aromatic N) is 2. The van der Waals surface area contributed by atoms with Crippen LogP contribution in [0.25, 0.3) is 0 Å². The van der Waals surface area contributed by atoms with Gasteiger partial charge < -0.3 is 14.7 Å². The zero-order chi connectivity index (χ0) is 21.1. The summed E-state index contributed by atoms with van der Waals surface area (Å²) in [4.78, 5) is 30.2. The number of aromatic nitrogens is 1. The number of hydrogen-bond acceptors (Lipinski definition) is 4. The summed E-state index contributed by atoms with van der Waals surface area (Å²) in [5, 5.41) is 7.56. The maximum atomic E-state index is 12.6. The number of benzene rings is 2. The van der Waals surface area contributed by atoms with Crippen LogP contribution in [0, 0.1) is 0 Å². The molecule has 1 aliphatic rings. The summed E-state index contributed by atoms with van der Waals surface area (Å²) in [5.74, 6) is -0.367. The van der Waals surface area contributed by atoms with Crippen LogP contribution in [0.1, 0.15) is 23.7 Å². The lowest BCUT2D eigenvalue weighted by Crippen LogP contribution is -2.24. The number of amides is 1. The Balaban J connectivity index is 1.45. The van der Waals surface area contributed by atoms with Gasteiger partial charge in [-0.1, -0.05) is 64.8 Å². The van der Waals surface area contributed by atoms with Crippen LogP contribution in [-0.4, -0.2) is 16.2 Å². The molecule has 1 aromatic heterocycles. The molecule has 0 saturated carbocycles. The number of hydrogen-bond donors (Lipinski definition) is 1. The predicted molar refractivity (Wildman–Crippen MR) is 117 cm³/mol. The van der Waals surface area contributed by atoms with Crippen LogP contribution in [0.5, 0.6) is 0 Å². The SMILES string of the molecule is O=C(Nc1ccc(=O)n(Cc2ccc(Cl)c(Cl)c2)c1)C1=NO[C@H](c2ccccc2)C1. The number of carbonyl (C=O) groups excluding carboxylic acids is 1. The topological polar surface area (TPSA) is 72.7 Å². The average molecular weight is 442 g/mol. The molecule has 0 aliphatic carbocycles. The molecule has 0 radical (unpaired) electrons. The number of anilines is 1. The third-order valence-corrected chi connectivity index (χ3v) is 5.42. The molecule has 3 aromatic rings. The Morgan fingerprint density at radius 2 is 1.90 bits per heavy atom. The number of nitrogens with one attached hydrogen (secondary N) is 1. The minimum Gasteiger partial charge on any atom is -0.387 e. The van der Waals surface area contributed by atoms with Crippen LogP contribution in [-0.2, 0) is 16.2 Å². The van der Waals surface area contributed by atoms with Crippen LogP contribution >= 0.6 is 23.2 Å². The number of carbonyl (C=O) groups is 1. The molecule has 0 bridgehead atoms. The minimum absolute atomic E-state index is 0.204. The van der Waals surface area contributed by atoms with Gasteiger partial charge in [-0.05, 0) is 29.3 Å². The van der Waals surface area contributed by atoms with E-state index in [-0.39, 0.29) is 17.6 Å². The number of oxime groups is 1. The van der Waals surface area contributed by atoms with E-state index in [1.165, 1.54) is 10.6 Å². The fourth-order valence-electron chi connectivity index (χ4n) is 3.12. The maximum absolute atomic E-state index is 12.6. The molecule has 1 aliphatic heterocycles. The largest absolute Gasteiger partial charge is 0.387 e. The summed E-state index contributed by atoms with van der Waals surface area (Å²) in [6.45, 7) is 0.291. The van der Waals surface area contributed by atoms with E-state index in [1.54, 1.807) is 30.5 Å². The van der Waals surface area contributed by atoms with E-state index in [0.29, 0.717) is 34.4 Å². The molecule has 1 atom stereocenters. The zero-order valence-corrected chi connectivity index (χ0v) is 17.2. The van der Waals surface area contributed by atoms with E-state index >= 15 is 0 Å². The Bertz CT molecular complexity index is 1180. The molecule has 152 valence electrons. The molecule has 0 fully saturated rings. The molecule has 4 rings (SSSR count). The molecule has 1 amide bonds. The summed E-state index contributed by atoms with van der Waals surface area (Å²) in [5.41, 5.74) is 2.34. The molecule has 6 nitrogen and oxygen atoms in total. The van der Waals surface area contributed by atoms with Gasteiger partial charge in [0.15, 0.2) is 6.10 Å². The highest BCUT2D eigenvalue weighted by molar-refractivity contribution is 6.43. The second kappa shape index (κ2) is 8.73. The Morgan fingerprint density at radius 1 is 1.10 bits per heavy atom. The molecule has 0 saturated heterocycles. The van der Waals surface area contributed by atoms with Crippen LogP contribution in [0.4, 0.5) is 5.69 Å². The smallest absolute Gasteiger partial charge is 0.273 e. The van der Waals surface area contributed by atoms with Gasteiger partial charge >= 0.3 is 0 Å². The highest BCUT2D eigenvalue weighted by Crippen LogP contribution is 2.27.